The molecule has 3 rings (SSSR count). The van der Waals surface area contributed by atoms with Crippen LogP contribution in [0.1, 0.15) is 40.0 Å². The highest BCUT2D eigenvalue weighted by molar-refractivity contribution is 5.65. The van der Waals surface area contributed by atoms with Crippen LogP contribution in [0.5, 0.6) is 0 Å². The molecule has 2 aromatic rings. The monoisotopic (exact) mass is 356 g/mol. The van der Waals surface area contributed by atoms with Crippen LogP contribution in [0.25, 0.3) is 11.3 Å². The summed E-state index contributed by atoms with van der Waals surface area (Å²) in [6.07, 6.45) is 4.11. The van der Waals surface area contributed by atoms with Crippen molar-refractivity contribution in [2.75, 3.05) is 0 Å². The highest BCUT2D eigenvalue weighted by Gasteiger charge is 2.37. The minimum Gasteiger partial charge on any atom is -0.465 e. The van der Waals surface area contributed by atoms with Crippen molar-refractivity contribution in [3.8, 4) is 11.3 Å². The minimum atomic E-state index is -0.883. The second-order valence-electron chi connectivity index (χ2n) is 7.80. The Hall–Kier alpha value is -2.37. The number of carboxylic acid groups (broad SMARTS) is 1. The largest absolute Gasteiger partial charge is 0.465 e. The molecule has 0 aliphatic heterocycles. The van der Waals surface area contributed by atoms with Gasteiger partial charge in [-0.25, -0.2) is 9.48 Å². The predicted molar refractivity (Wildman–Crippen MR) is 100 cm³/mol. The fourth-order valence-corrected chi connectivity index (χ4v) is 4.08. The van der Waals surface area contributed by atoms with Crippen molar-refractivity contribution in [2.45, 2.75) is 52.7 Å². The molecule has 1 saturated carbocycles. The van der Waals surface area contributed by atoms with Gasteiger partial charge in [0.15, 0.2) is 0 Å². The SMILES string of the molecule is CC1CCC(C(C)C)C(N(Cn2cc(-c3ccccc3)nn2)C(=O)O)C1. The fourth-order valence-electron chi connectivity index (χ4n) is 4.08. The summed E-state index contributed by atoms with van der Waals surface area (Å²) in [7, 11) is 0. The molecule has 1 heterocycles. The van der Waals surface area contributed by atoms with Gasteiger partial charge in [0.05, 0.1) is 6.20 Å². The molecular formula is C20H28N4O2. The lowest BCUT2D eigenvalue weighted by atomic mass is 9.73. The van der Waals surface area contributed by atoms with Crippen molar-refractivity contribution < 1.29 is 9.90 Å². The summed E-state index contributed by atoms with van der Waals surface area (Å²) in [6.45, 7) is 6.82. The van der Waals surface area contributed by atoms with E-state index < -0.39 is 6.09 Å². The van der Waals surface area contributed by atoms with Crippen LogP contribution >= 0.6 is 0 Å². The smallest absolute Gasteiger partial charge is 0.409 e. The number of amides is 1. The van der Waals surface area contributed by atoms with Crippen LogP contribution in [-0.2, 0) is 6.67 Å². The number of aromatic nitrogens is 3. The van der Waals surface area contributed by atoms with E-state index in [1.165, 1.54) is 6.42 Å². The van der Waals surface area contributed by atoms with Crippen LogP contribution in [0.4, 0.5) is 4.79 Å². The van der Waals surface area contributed by atoms with Crippen LogP contribution < -0.4 is 0 Å². The lowest BCUT2D eigenvalue weighted by Crippen LogP contribution is -2.49. The van der Waals surface area contributed by atoms with Crippen LogP contribution in [0.15, 0.2) is 36.5 Å². The molecule has 6 heteroatoms. The third-order valence-electron chi connectivity index (χ3n) is 5.54. The van der Waals surface area contributed by atoms with E-state index in [9.17, 15) is 9.90 Å². The second-order valence-corrected chi connectivity index (χ2v) is 7.80. The topological polar surface area (TPSA) is 71.2 Å². The van der Waals surface area contributed by atoms with Gasteiger partial charge in [-0.05, 0) is 30.6 Å². The van der Waals surface area contributed by atoms with Crippen molar-refractivity contribution in [1.82, 2.24) is 19.9 Å². The Labute approximate surface area is 154 Å². The number of nitrogens with zero attached hydrogens (tertiary/aromatic N) is 4. The van der Waals surface area contributed by atoms with Crippen molar-refractivity contribution >= 4 is 6.09 Å². The highest BCUT2D eigenvalue weighted by Crippen LogP contribution is 2.36. The van der Waals surface area contributed by atoms with E-state index in [0.29, 0.717) is 17.8 Å². The van der Waals surface area contributed by atoms with Crippen molar-refractivity contribution in [2.24, 2.45) is 17.8 Å². The summed E-state index contributed by atoms with van der Waals surface area (Å²) in [5, 5.41) is 18.2. The van der Waals surface area contributed by atoms with Gasteiger partial charge in [0, 0.05) is 11.6 Å². The summed E-state index contributed by atoms with van der Waals surface area (Å²) in [6, 6.07) is 9.84. The van der Waals surface area contributed by atoms with E-state index in [2.05, 4.69) is 31.1 Å². The number of rotatable bonds is 5. The molecule has 1 N–H and O–H groups in total. The Morgan fingerprint density at radius 1 is 1.31 bits per heavy atom. The zero-order chi connectivity index (χ0) is 18.7. The van der Waals surface area contributed by atoms with Gasteiger partial charge in [0.2, 0.25) is 0 Å². The Kier molecular flexibility index (Phi) is 5.59. The number of benzene rings is 1. The van der Waals surface area contributed by atoms with Crippen LogP contribution in [0.2, 0.25) is 0 Å². The Bertz CT molecular complexity index is 728. The Morgan fingerprint density at radius 3 is 2.69 bits per heavy atom. The highest BCUT2D eigenvalue weighted by atomic mass is 16.4. The maximum absolute atomic E-state index is 12.0. The third-order valence-corrected chi connectivity index (χ3v) is 5.54. The van der Waals surface area contributed by atoms with Gasteiger partial charge in [0.25, 0.3) is 0 Å². The van der Waals surface area contributed by atoms with Gasteiger partial charge in [-0.3, -0.25) is 4.90 Å². The molecule has 6 nitrogen and oxygen atoms in total. The normalized spacial score (nSPS) is 23.2. The van der Waals surface area contributed by atoms with Crippen LogP contribution in [-0.4, -0.2) is 37.1 Å². The van der Waals surface area contributed by atoms with E-state index in [4.69, 9.17) is 0 Å². The van der Waals surface area contributed by atoms with Gasteiger partial charge >= 0.3 is 6.09 Å². The van der Waals surface area contributed by atoms with E-state index in [1.54, 1.807) is 9.58 Å². The summed E-state index contributed by atoms with van der Waals surface area (Å²) < 4.78 is 1.63. The predicted octanol–water partition coefficient (Wildman–Crippen LogP) is 4.34. The van der Waals surface area contributed by atoms with E-state index >= 15 is 0 Å². The molecule has 0 radical (unpaired) electrons. The lowest BCUT2D eigenvalue weighted by molar-refractivity contribution is 0.0371. The van der Waals surface area contributed by atoms with E-state index in [1.807, 2.05) is 36.5 Å². The average molecular weight is 356 g/mol. The van der Waals surface area contributed by atoms with Gasteiger partial charge in [-0.2, -0.15) is 0 Å². The van der Waals surface area contributed by atoms with Crippen molar-refractivity contribution in [1.29, 1.82) is 0 Å². The summed E-state index contributed by atoms with van der Waals surface area (Å²) >= 11 is 0. The van der Waals surface area contributed by atoms with Gasteiger partial charge in [-0.1, -0.05) is 62.7 Å². The summed E-state index contributed by atoms with van der Waals surface area (Å²) in [5.41, 5.74) is 1.74. The Balaban J connectivity index is 1.80. The molecule has 26 heavy (non-hydrogen) atoms. The molecule has 3 unspecified atom stereocenters. The first kappa shape index (κ1) is 18.4. The van der Waals surface area contributed by atoms with E-state index in [0.717, 1.165) is 24.1 Å². The maximum Gasteiger partial charge on any atom is 0.409 e. The number of hydrogen-bond acceptors (Lipinski definition) is 3. The first-order valence-electron chi connectivity index (χ1n) is 9.40. The van der Waals surface area contributed by atoms with Crippen LogP contribution in [0, 0.1) is 17.8 Å². The minimum absolute atomic E-state index is 0.0284. The lowest BCUT2D eigenvalue weighted by Gasteiger charge is -2.42. The van der Waals surface area contributed by atoms with Gasteiger partial charge in [-0.15, -0.1) is 5.10 Å². The third kappa shape index (κ3) is 4.06. The van der Waals surface area contributed by atoms with Crippen molar-refractivity contribution in [3.63, 3.8) is 0 Å². The molecule has 1 aromatic heterocycles. The van der Waals surface area contributed by atoms with Crippen LogP contribution in [0.3, 0.4) is 0 Å². The molecule has 0 saturated heterocycles. The second kappa shape index (κ2) is 7.89. The van der Waals surface area contributed by atoms with Gasteiger partial charge < -0.3 is 5.11 Å². The van der Waals surface area contributed by atoms with Crippen molar-refractivity contribution in [3.05, 3.63) is 36.5 Å². The molecule has 1 aliphatic carbocycles. The number of hydrogen-bond donors (Lipinski definition) is 1. The van der Waals surface area contributed by atoms with E-state index in [-0.39, 0.29) is 12.7 Å². The summed E-state index contributed by atoms with van der Waals surface area (Å²) in [4.78, 5) is 13.6. The molecule has 1 fully saturated rings. The average Bonchev–Trinajstić information content (AvgIpc) is 3.08. The fraction of sp³-hybridized carbons (Fsp3) is 0.550. The van der Waals surface area contributed by atoms with Gasteiger partial charge in [0.1, 0.15) is 12.4 Å². The molecular weight excluding hydrogens is 328 g/mol. The Morgan fingerprint density at radius 2 is 2.04 bits per heavy atom. The summed E-state index contributed by atoms with van der Waals surface area (Å²) in [5.74, 6) is 1.40. The molecule has 1 amide bonds. The zero-order valence-corrected chi connectivity index (χ0v) is 15.7. The molecule has 140 valence electrons. The quantitative estimate of drug-likeness (QED) is 0.865. The molecule has 0 spiro atoms. The number of carbonyl (C=O) groups is 1. The molecule has 1 aromatic carbocycles. The maximum atomic E-state index is 12.0. The standard InChI is InChI=1S/C20H28N4O2/c1-14(2)17-10-9-15(3)11-19(17)24(20(25)26)13-23-12-18(21-22-23)16-7-5-4-6-8-16/h4-8,12,14-15,17,19H,9-11,13H2,1-3H3,(H,25,26). The molecule has 1 aliphatic rings. The molecule has 0 bridgehead atoms. The zero-order valence-electron chi connectivity index (χ0n) is 15.7. The molecule has 3 atom stereocenters. The first-order chi connectivity index (χ1) is 12.5. The first-order valence-corrected chi connectivity index (χ1v) is 9.40.